The third-order valence-corrected chi connectivity index (χ3v) is 4.66. The van der Waals surface area contributed by atoms with Crippen LogP contribution in [0.15, 0.2) is 22.7 Å². The highest BCUT2D eigenvalue weighted by Gasteiger charge is 2.28. The predicted octanol–water partition coefficient (Wildman–Crippen LogP) is 1.90. The summed E-state index contributed by atoms with van der Waals surface area (Å²) >= 11 is 0. The van der Waals surface area contributed by atoms with Gasteiger partial charge in [0, 0.05) is 0 Å². The zero-order valence-corrected chi connectivity index (χ0v) is 13.7. The molecule has 0 atom stereocenters. The molecule has 126 valence electrons. The second kappa shape index (κ2) is 7.69. The van der Waals surface area contributed by atoms with Crippen molar-refractivity contribution < 1.29 is 19.3 Å². The van der Waals surface area contributed by atoms with Crippen molar-refractivity contribution in [2.45, 2.75) is 10.1 Å². The fourth-order valence-electron chi connectivity index (χ4n) is 1.51. The Morgan fingerprint density at radius 3 is 1.50 bits per heavy atom. The van der Waals surface area contributed by atoms with Gasteiger partial charge in [-0.3, -0.25) is 20.2 Å². The van der Waals surface area contributed by atoms with Gasteiger partial charge in [0.25, 0.3) is 11.8 Å². The zero-order valence-electron chi connectivity index (χ0n) is 12.1. The molecule has 12 nitrogen and oxygen atoms in total. The van der Waals surface area contributed by atoms with Crippen LogP contribution in [-0.4, -0.2) is 44.0 Å². The SMILES string of the molecule is COc1ncnc(SSc2ncnc(OC)c2[N+](=O)[O-])c1[N+](=O)[O-]. The van der Waals surface area contributed by atoms with Gasteiger partial charge in [-0.15, -0.1) is 0 Å². The number of hydrogen-bond acceptors (Lipinski definition) is 12. The number of nitrogens with zero attached hydrogens (tertiary/aromatic N) is 6. The minimum Gasteiger partial charge on any atom is -0.476 e. The van der Waals surface area contributed by atoms with E-state index in [1.807, 2.05) is 0 Å². The summed E-state index contributed by atoms with van der Waals surface area (Å²) in [5, 5.41) is 22.2. The number of aromatic nitrogens is 4. The van der Waals surface area contributed by atoms with Crippen LogP contribution in [0, 0.1) is 20.2 Å². The summed E-state index contributed by atoms with van der Waals surface area (Å²) in [5.41, 5.74) is -0.887. The van der Waals surface area contributed by atoms with Gasteiger partial charge in [0.05, 0.1) is 24.1 Å². The van der Waals surface area contributed by atoms with E-state index in [4.69, 9.17) is 9.47 Å². The van der Waals surface area contributed by atoms with E-state index in [9.17, 15) is 20.2 Å². The molecule has 14 heteroatoms. The van der Waals surface area contributed by atoms with Crippen LogP contribution in [0.1, 0.15) is 0 Å². The summed E-state index contributed by atoms with van der Waals surface area (Å²) in [7, 11) is 4.07. The lowest BCUT2D eigenvalue weighted by Crippen LogP contribution is -2.00. The second-order valence-electron chi connectivity index (χ2n) is 3.75. The highest BCUT2D eigenvalue weighted by Crippen LogP contribution is 2.45. The fraction of sp³-hybridized carbons (Fsp3) is 0.200. The number of hydrogen-bond donors (Lipinski definition) is 0. The van der Waals surface area contributed by atoms with Gasteiger partial charge in [0.1, 0.15) is 12.7 Å². The minimum atomic E-state index is -0.698. The lowest BCUT2D eigenvalue weighted by Gasteiger charge is -2.05. The average Bonchev–Trinajstić information content (AvgIpc) is 2.58. The van der Waals surface area contributed by atoms with Crippen molar-refractivity contribution in [2.24, 2.45) is 0 Å². The molecule has 0 saturated heterocycles. The van der Waals surface area contributed by atoms with Gasteiger partial charge in [-0.05, 0) is 21.6 Å². The van der Waals surface area contributed by atoms with Crippen molar-refractivity contribution in [3.63, 3.8) is 0 Å². The first kappa shape index (κ1) is 17.6. The van der Waals surface area contributed by atoms with Crippen LogP contribution < -0.4 is 9.47 Å². The summed E-state index contributed by atoms with van der Waals surface area (Å²) in [6.45, 7) is 0. The van der Waals surface area contributed by atoms with Crippen LogP contribution in [0.25, 0.3) is 0 Å². The van der Waals surface area contributed by atoms with Crippen molar-refractivity contribution in [1.82, 2.24) is 19.9 Å². The normalized spacial score (nSPS) is 10.2. The van der Waals surface area contributed by atoms with Crippen LogP contribution in [0.2, 0.25) is 0 Å². The summed E-state index contributed by atoms with van der Waals surface area (Å²) in [4.78, 5) is 35.8. The quantitative estimate of drug-likeness (QED) is 0.301. The molecule has 0 amide bonds. The van der Waals surface area contributed by atoms with E-state index in [2.05, 4.69) is 19.9 Å². The van der Waals surface area contributed by atoms with Gasteiger partial charge in [0.15, 0.2) is 10.1 Å². The molecule has 0 fully saturated rings. The summed E-state index contributed by atoms with van der Waals surface area (Å²) in [6.07, 6.45) is 2.17. The second-order valence-corrected chi connectivity index (χ2v) is 5.86. The Kier molecular flexibility index (Phi) is 5.64. The topological polar surface area (TPSA) is 156 Å². The lowest BCUT2D eigenvalue weighted by molar-refractivity contribution is -0.389. The number of methoxy groups -OCH3 is 2. The summed E-state index contributed by atoms with van der Waals surface area (Å²) in [5.74, 6) is -0.430. The van der Waals surface area contributed by atoms with Gasteiger partial charge in [-0.1, -0.05) is 0 Å². The Hall–Kier alpha value is -2.74. The van der Waals surface area contributed by atoms with Crippen molar-refractivity contribution >= 4 is 33.0 Å². The molecule has 0 aliphatic heterocycles. The maximum Gasteiger partial charge on any atom is 0.363 e. The minimum absolute atomic E-state index is 0.0382. The molecule has 0 spiro atoms. The molecule has 0 radical (unpaired) electrons. The number of rotatable bonds is 7. The molecule has 0 N–H and O–H groups in total. The molecule has 2 rings (SSSR count). The first-order chi connectivity index (χ1) is 11.5. The van der Waals surface area contributed by atoms with Gasteiger partial charge >= 0.3 is 11.4 Å². The maximum atomic E-state index is 11.2. The standard InChI is InChI=1S/C10H8N6O6S2/c1-21-7-5(15(17)18)9(13-3-11-7)23-24-10-6(16(19)20)8(22-2)12-4-14-10/h3-4H,1-2H3. The van der Waals surface area contributed by atoms with E-state index in [-0.39, 0.29) is 21.8 Å². The lowest BCUT2D eigenvalue weighted by atomic mass is 10.5. The largest absolute Gasteiger partial charge is 0.476 e. The van der Waals surface area contributed by atoms with Crippen LogP contribution >= 0.6 is 21.6 Å². The van der Waals surface area contributed by atoms with Crippen LogP contribution in [0.5, 0.6) is 11.8 Å². The predicted molar refractivity (Wildman–Crippen MR) is 82.2 cm³/mol. The molecule has 0 aromatic carbocycles. The Labute approximate surface area is 141 Å². The van der Waals surface area contributed by atoms with Crippen LogP contribution in [0.4, 0.5) is 11.4 Å². The molecule has 0 unspecified atom stereocenters. The molecule has 24 heavy (non-hydrogen) atoms. The monoisotopic (exact) mass is 372 g/mol. The number of ether oxygens (including phenoxy) is 2. The van der Waals surface area contributed by atoms with E-state index in [0.717, 1.165) is 34.2 Å². The van der Waals surface area contributed by atoms with Gasteiger partial charge < -0.3 is 9.47 Å². The van der Waals surface area contributed by atoms with Gasteiger partial charge in [-0.25, -0.2) is 9.97 Å². The molecular formula is C10H8N6O6S2. The van der Waals surface area contributed by atoms with Crippen LogP contribution in [-0.2, 0) is 0 Å². The van der Waals surface area contributed by atoms with Crippen LogP contribution in [0.3, 0.4) is 0 Å². The molecule has 0 saturated carbocycles. The van der Waals surface area contributed by atoms with E-state index in [0.29, 0.717) is 0 Å². The zero-order chi connectivity index (χ0) is 17.7. The van der Waals surface area contributed by atoms with E-state index in [1.165, 1.54) is 14.2 Å². The Balaban J connectivity index is 2.36. The van der Waals surface area contributed by atoms with E-state index < -0.39 is 21.2 Å². The summed E-state index contributed by atoms with van der Waals surface area (Å²) < 4.78 is 9.66. The third kappa shape index (κ3) is 3.60. The van der Waals surface area contributed by atoms with Gasteiger partial charge in [-0.2, -0.15) is 9.97 Å². The van der Waals surface area contributed by atoms with E-state index in [1.54, 1.807) is 0 Å². The molecule has 0 aliphatic rings. The van der Waals surface area contributed by atoms with E-state index >= 15 is 0 Å². The Morgan fingerprint density at radius 2 is 1.21 bits per heavy atom. The Bertz CT molecular complexity index is 725. The van der Waals surface area contributed by atoms with Crippen molar-refractivity contribution in [3.8, 4) is 11.8 Å². The highest BCUT2D eigenvalue weighted by atomic mass is 33.1. The molecule has 2 aromatic rings. The molecule has 0 aliphatic carbocycles. The summed E-state index contributed by atoms with van der Waals surface area (Å²) in [6, 6.07) is 0. The first-order valence-electron chi connectivity index (χ1n) is 5.90. The highest BCUT2D eigenvalue weighted by molar-refractivity contribution is 8.76. The van der Waals surface area contributed by atoms with Gasteiger partial charge in [0.2, 0.25) is 0 Å². The smallest absolute Gasteiger partial charge is 0.363 e. The maximum absolute atomic E-state index is 11.2. The third-order valence-electron chi connectivity index (χ3n) is 2.46. The van der Waals surface area contributed by atoms with Crippen molar-refractivity contribution in [1.29, 1.82) is 0 Å². The average molecular weight is 372 g/mol. The van der Waals surface area contributed by atoms with Crippen molar-refractivity contribution in [2.75, 3.05) is 14.2 Å². The molecular weight excluding hydrogens is 364 g/mol. The Morgan fingerprint density at radius 1 is 0.833 bits per heavy atom. The van der Waals surface area contributed by atoms with Crippen molar-refractivity contribution in [3.05, 3.63) is 32.9 Å². The number of nitro groups is 2. The fourth-order valence-corrected chi connectivity index (χ4v) is 3.53. The molecule has 2 aromatic heterocycles. The molecule has 0 bridgehead atoms. The molecule has 2 heterocycles. The first-order valence-corrected chi connectivity index (χ1v) is 8.05.